The Hall–Kier alpha value is -1.95. The first-order chi connectivity index (χ1) is 9.06. The second-order valence-electron chi connectivity index (χ2n) is 3.88. The second kappa shape index (κ2) is 5.79. The van der Waals surface area contributed by atoms with Crippen molar-refractivity contribution in [2.24, 2.45) is 0 Å². The summed E-state index contributed by atoms with van der Waals surface area (Å²) in [4.78, 5) is 38.6. The molecule has 0 radical (unpaired) electrons. The van der Waals surface area contributed by atoms with E-state index < -0.39 is 17.8 Å². The van der Waals surface area contributed by atoms with E-state index in [9.17, 15) is 14.4 Å². The standard InChI is InChI=1S/C13H10BrNO4/c14-10-3-1-2-9(8-10)4-7-13(18)19-15-11(16)5-6-12(15)17/h1-4,7-8H,5-6H2/b7-4+. The van der Waals surface area contributed by atoms with Gasteiger partial charge in [-0.05, 0) is 23.8 Å². The zero-order chi connectivity index (χ0) is 13.8. The number of amides is 2. The summed E-state index contributed by atoms with van der Waals surface area (Å²) in [6, 6.07) is 7.30. The van der Waals surface area contributed by atoms with Gasteiger partial charge in [0, 0.05) is 23.4 Å². The highest BCUT2D eigenvalue weighted by molar-refractivity contribution is 9.10. The Bertz CT molecular complexity index is 552. The van der Waals surface area contributed by atoms with E-state index in [2.05, 4.69) is 20.8 Å². The molecule has 0 saturated carbocycles. The molecular weight excluding hydrogens is 314 g/mol. The number of hydrogen-bond acceptors (Lipinski definition) is 4. The van der Waals surface area contributed by atoms with Crippen molar-refractivity contribution < 1.29 is 19.2 Å². The van der Waals surface area contributed by atoms with Crippen molar-refractivity contribution in [2.75, 3.05) is 0 Å². The molecule has 1 saturated heterocycles. The molecule has 0 unspecified atom stereocenters. The average molecular weight is 324 g/mol. The average Bonchev–Trinajstić information content (AvgIpc) is 2.68. The minimum absolute atomic E-state index is 0.0848. The quantitative estimate of drug-likeness (QED) is 0.631. The number of nitrogens with zero attached hydrogens (tertiary/aromatic N) is 1. The van der Waals surface area contributed by atoms with Crippen LogP contribution in [0.25, 0.3) is 6.08 Å². The van der Waals surface area contributed by atoms with Crippen molar-refractivity contribution >= 4 is 39.8 Å². The molecule has 1 fully saturated rings. The molecule has 0 atom stereocenters. The molecule has 1 heterocycles. The van der Waals surface area contributed by atoms with Crippen LogP contribution in [0.4, 0.5) is 0 Å². The number of benzene rings is 1. The van der Waals surface area contributed by atoms with Crippen LogP contribution in [0.3, 0.4) is 0 Å². The van der Waals surface area contributed by atoms with Crippen molar-refractivity contribution in [1.29, 1.82) is 0 Å². The van der Waals surface area contributed by atoms with Crippen LogP contribution in [0.1, 0.15) is 18.4 Å². The summed E-state index contributed by atoms with van der Waals surface area (Å²) >= 11 is 3.31. The van der Waals surface area contributed by atoms with Gasteiger partial charge >= 0.3 is 5.97 Å². The molecule has 98 valence electrons. The SMILES string of the molecule is O=C(/C=C/c1cccc(Br)c1)ON1C(=O)CCC1=O. The summed E-state index contributed by atoms with van der Waals surface area (Å²) in [6.45, 7) is 0. The van der Waals surface area contributed by atoms with Crippen LogP contribution in [0.5, 0.6) is 0 Å². The third kappa shape index (κ3) is 3.51. The normalized spacial score (nSPS) is 15.3. The molecule has 19 heavy (non-hydrogen) atoms. The van der Waals surface area contributed by atoms with Crippen LogP contribution in [-0.2, 0) is 19.2 Å². The van der Waals surface area contributed by atoms with Crippen LogP contribution >= 0.6 is 15.9 Å². The highest BCUT2D eigenvalue weighted by Gasteiger charge is 2.32. The fraction of sp³-hybridized carbons (Fsp3) is 0.154. The van der Waals surface area contributed by atoms with Crippen molar-refractivity contribution in [3.63, 3.8) is 0 Å². The van der Waals surface area contributed by atoms with Gasteiger partial charge in [-0.25, -0.2) is 4.79 Å². The first-order valence-electron chi connectivity index (χ1n) is 5.57. The van der Waals surface area contributed by atoms with E-state index in [-0.39, 0.29) is 12.8 Å². The van der Waals surface area contributed by atoms with Crippen LogP contribution in [0.2, 0.25) is 0 Å². The second-order valence-corrected chi connectivity index (χ2v) is 4.80. The molecular formula is C13H10BrNO4. The Morgan fingerprint density at radius 1 is 1.26 bits per heavy atom. The molecule has 1 aromatic carbocycles. The van der Waals surface area contributed by atoms with E-state index in [4.69, 9.17) is 0 Å². The van der Waals surface area contributed by atoms with Gasteiger partial charge in [-0.2, -0.15) is 0 Å². The van der Waals surface area contributed by atoms with Gasteiger partial charge in [0.05, 0.1) is 0 Å². The first-order valence-corrected chi connectivity index (χ1v) is 6.37. The van der Waals surface area contributed by atoms with Crippen molar-refractivity contribution in [1.82, 2.24) is 5.06 Å². The minimum atomic E-state index is -0.761. The smallest absolute Gasteiger partial charge is 0.326 e. The molecule has 1 aliphatic rings. The topological polar surface area (TPSA) is 63.7 Å². The molecule has 1 aromatic rings. The largest absolute Gasteiger partial charge is 0.356 e. The number of carbonyl (C=O) groups is 3. The van der Waals surface area contributed by atoms with Gasteiger partial charge in [-0.3, -0.25) is 9.59 Å². The molecule has 2 rings (SSSR count). The fourth-order valence-electron chi connectivity index (χ4n) is 1.55. The van der Waals surface area contributed by atoms with Gasteiger partial charge < -0.3 is 4.84 Å². The van der Waals surface area contributed by atoms with Crippen molar-refractivity contribution in [3.05, 3.63) is 40.4 Å². The van der Waals surface area contributed by atoms with Crippen molar-refractivity contribution in [2.45, 2.75) is 12.8 Å². The van der Waals surface area contributed by atoms with E-state index >= 15 is 0 Å². The maximum atomic E-state index is 11.5. The monoisotopic (exact) mass is 323 g/mol. The predicted molar refractivity (Wildman–Crippen MR) is 70.4 cm³/mol. The molecule has 5 nitrogen and oxygen atoms in total. The predicted octanol–water partition coefficient (Wildman–Crippen LogP) is 2.07. The lowest BCUT2D eigenvalue weighted by Gasteiger charge is -2.10. The number of halogens is 1. The number of hydroxylamine groups is 2. The van der Waals surface area contributed by atoms with Gasteiger partial charge in [-0.1, -0.05) is 28.1 Å². The molecule has 0 spiro atoms. The highest BCUT2D eigenvalue weighted by atomic mass is 79.9. The number of imide groups is 1. The molecule has 0 aromatic heterocycles. The van der Waals surface area contributed by atoms with E-state index in [1.807, 2.05) is 18.2 Å². The highest BCUT2D eigenvalue weighted by Crippen LogP contribution is 2.14. The lowest BCUT2D eigenvalue weighted by Crippen LogP contribution is -2.31. The molecule has 0 aliphatic carbocycles. The Morgan fingerprint density at radius 3 is 2.58 bits per heavy atom. The van der Waals surface area contributed by atoms with Gasteiger partial charge in [0.25, 0.3) is 11.8 Å². The lowest BCUT2D eigenvalue weighted by molar-refractivity contribution is -0.193. The third-order valence-corrected chi connectivity index (χ3v) is 2.94. The number of rotatable bonds is 3. The van der Waals surface area contributed by atoms with E-state index in [0.717, 1.165) is 10.0 Å². The summed E-state index contributed by atoms with van der Waals surface area (Å²) in [6.07, 6.45) is 2.88. The van der Waals surface area contributed by atoms with Gasteiger partial charge in [0.15, 0.2) is 0 Å². The summed E-state index contributed by atoms with van der Waals surface area (Å²) in [5.74, 6) is -1.74. The molecule has 0 bridgehead atoms. The zero-order valence-electron chi connectivity index (χ0n) is 9.84. The molecule has 1 aliphatic heterocycles. The summed E-state index contributed by atoms with van der Waals surface area (Å²) in [5, 5.41) is 0.521. The Balaban J connectivity index is 1.98. The lowest BCUT2D eigenvalue weighted by atomic mass is 10.2. The summed E-state index contributed by atoms with van der Waals surface area (Å²) in [7, 11) is 0. The number of hydrogen-bond donors (Lipinski definition) is 0. The Labute approximate surface area is 117 Å². The van der Waals surface area contributed by atoms with Crippen LogP contribution < -0.4 is 0 Å². The van der Waals surface area contributed by atoms with Crippen LogP contribution in [-0.4, -0.2) is 22.8 Å². The Kier molecular flexibility index (Phi) is 4.11. The molecule has 0 N–H and O–H groups in total. The maximum absolute atomic E-state index is 11.5. The summed E-state index contributed by atoms with van der Waals surface area (Å²) < 4.78 is 0.882. The fourth-order valence-corrected chi connectivity index (χ4v) is 1.97. The van der Waals surface area contributed by atoms with E-state index in [1.165, 1.54) is 12.2 Å². The van der Waals surface area contributed by atoms with Gasteiger partial charge in [-0.15, -0.1) is 5.06 Å². The first kappa shape index (κ1) is 13.5. The van der Waals surface area contributed by atoms with E-state index in [1.54, 1.807) is 6.07 Å². The van der Waals surface area contributed by atoms with Gasteiger partial charge in [0.1, 0.15) is 0 Å². The summed E-state index contributed by atoms with van der Waals surface area (Å²) in [5.41, 5.74) is 0.797. The minimum Gasteiger partial charge on any atom is -0.326 e. The van der Waals surface area contributed by atoms with E-state index in [0.29, 0.717) is 5.06 Å². The number of carbonyl (C=O) groups excluding carboxylic acids is 3. The molecule has 6 heteroatoms. The van der Waals surface area contributed by atoms with Gasteiger partial charge in [0.2, 0.25) is 0 Å². The van der Waals surface area contributed by atoms with Crippen molar-refractivity contribution in [3.8, 4) is 0 Å². The maximum Gasteiger partial charge on any atom is 0.356 e. The zero-order valence-corrected chi connectivity index (χ0v) is 11.4. The van der Waals surface area contributed by atoms with Crippen LogP contribution in [0, 0.1) is 0 Å². The molecule has 2 amide bonds. The third-order valence-electron chi connectivity index (χ3n) is 2.45. The van der Waals surface area contributed by atoms with Crippen LogP contribution in [0.15, 0.2) is 34.8 Å². The Morgan fingerprint density at radius 2 is 1.95 bits per heavy atom.